The summed E-state index contributed by atoms with van der Waals surface area (Å²) in [5.74, 6) is 0. The van der Waals surface area contributed by atoms with Crippen molar-refractivity contribution in [2.45, 2.75) is 6.54 Å². The predicted molar refractivity (Wildman–Crippen MR) is 73.1 cm³/mol. The minimum atomic E-state index is 0.742. The van der Waals surface area contributed by atoms with E-state index in [-0.39, 0.29) is 0 Å². The molecule has 1 aromatic heterocycles. The minimum absolute atomic E-state index is 0.742. The first-order valence-electron chi connectivity index (χ1n) is 5.92. The van der Waals surface area contributed by atoms with Crippen LogP contribution >= 0.6 is 0 Å². The molecule has 1 heterocycles. The average molecular weight is 238 g/mol. The molecule has 90 valence electrons. The van der Waals surface area contributed by atoms with Gasteiger partial charge in [-0.1, -0.05) is 30.3 Å². The summed E-state index contributed by atoms with van der Waals surface area (Å²) < 4.78 is 5.37. The molecule has 3 heteroatoms. The summed E-state index contributed by atoms with van der Waals surface area (Å²) in [7, 11) is 0. The summed E-state index contributed by atoms with van der Waals surface area (Å²) in [5, 5.41) is 1.15. The summed E-state index contributed by atoms with van der Waals surface area (Å²) in [6, 6.07) is 18.1. The van der Waals surface area contributed by atoms with E-state index in [2.05, 4.69) is 16.9 Å². The van der Waals surface area contributed by atoms with E-state index in [1.54, 1.807) is 6.26 Å². The lowest BCUT2D eigenvalue weighted by Gasteiger charge is -2.08. The Morgan fingerprint density at radius 2 is 1.78 bits per heavy atom. The maximum atomic E-state index is 5.37. The summed E-state index contributed by atoms with van der Waals surface area (Å²) in [4.78, 5) is 0. The van der Waals surface area contributed by atoms with Crippen LogP contribution in [0.15, 0.2) is 65.3 Å². The third-order valence-corrected chi connectivity index (χ3v) is 2.87. The molecule has 3 rings (SSSR count). The largest absolute Gasteiger partial charge is 0.464 e. The van der Waals surface area contributed by atoms with Crippen LogP contribution in [-0.2, 0) is 6.54 Å². The van der Waals surface area contributed by atoms with Gasteiger partial charge in [0.05, 0.1) is 6.26 Å². The van der Waals surface area contributed by atoms with Crippen LogP contribution in [0.1, 0.15) is 5.56 Å². The van der Waals surface area contributed by atoms with Gasteiger partial charge in [-0.05, 0) is 29.8 Å². The standard InChI is InChI=1S/C15H14N2O/c1-2-6-13(7-3-1)17-16-11-12-5-4-8-15-14(12)9-10-18-15/h1-10,16-17H,11H2. The van der Waals surface area contributed by atoms with Crippen LogP contribution in [0.2, 0.25) is 0 Å². The van der Waals surface area contributed by atoms with Crippen LogP contribution < -0.4 is 10.9 Å². The molecule has 2 aromatic carbocycles. The molecule has 3 nitrogen and oxygen atoms in total. The zero-order chi connectivity index (χ0) is 12.2. The Balaban J connectivity index is 1.68. The summed E-state index contributed by atoms with van der Waals surface area (Å²) >= 11 is 0. The van der Waals surface area contributed by atoms with Gasteiger partial charge in [0.1, 0.15) is 5.58 Å². The Bertz CT molecular complexity index is 631. The highest BCUT2D eigenvalue weighted by Crippen LogP contribution is 2.19. The highest BCUT2D eigenvalue weighted by molar-refractivity contribution is 5.80. The number of para-hydroxylation sites is 1. The normalized spacial score (nSPS) is 10.7. The number of fused-ring (bicyclic) bond motifs is 1. The monoisotopic (exact) mass is 238 g/mol. The first-order chi connectivity index (χ1) is 8.93. The van der Waals surface area contributed by atoms with Crippen molar-refractivity contribution < 1.29 is 4.42 Å². The lowest BCUT2D eigenvalue weighted by molar-refractivity contribution is 0.615. The van der Waals surface area contributed by atoms with Gasteiger partial charge >= 0.3 is 0 Å². The van der Waals surface area contributed by atoms with Gasteiger partial charge in [-0.15, -0.1) is 0 Å². The quantitative estimate of drug-likeness (QED) is 0.682. The van der Waals surface area contributed by atoms with E-state index in [9.17, 15) is 0 Å². The van der Waals surface area contributed by atoms with Gasteiger partial charge in [-0.3, -0.25) is 0 Å². The van der Waals surface area contributed by atoms with Crippen molar-refractivity contribution in [3.05, 3.63) is 66.4 Å². The number of anilines is 1. The fourth-order valence-corrected chi connectivity index (χ4v) is 1.97. The molecule has 18 heavy (non-hydrogen) atoms. The molecule has 0 bridgehead atoms. The molecule has 2 N–H and O–H groups in total. The fourth-order valence-electron chi connectivity index (χ4n) is 1.97. The van der Waals surface area contributed by atoms with Crippen molar-refractivity contribution in [3.63, 3.8) is 0 Å². The number of nitrogens with one attached hydrogen (secondary N) is 2. The second-order valence-corrected chi connectivity index (χ2v) is 4.09. The van der Waals surface area contributed by atoms with E-state index >= 15 is 0 Å². The summed E-state index contributed by atoms with van der Waals surface area (Å²) in [6.45, 7) is 0.742. The first kappa shape index (κ1) is 10.9. The molecule has 0 radical (unpaired) electrons. The van der Waals surface area contributed by atoms with E-state index in [1.165, 1.54) is 5.56 Å². The average Bonchev–Trinajstić information content (AvgIpc) is 2.89. The number of hydrazine groups is 1. The van der Waals surface area contributed by atoms with E-state index in [0.29, 0.717) is 0 Å². The number of benzene rings is 2. The number of hydrogen-bond acceptors (Lipinski definition) is 3. The van der Waals surface area contributed by atoms with Crippen molar-refractivity contribution in [3.8, 4) is 0 Å². The fraction of sp³-hybridized carbons (Fsp3) is 0.0667. The van der Waals surface area contributed by atoms with Crippen molar-refractivity contribution in [1.29, 1.82) is 0 Å². The van der Waals surface area contributed by atoms with Gasteiger partial charge in [-0.2, -0.15) is 0 Å². The van der Waals surface area contributed by atoms with Crippen LogP contribution in [0.3, 0.4) is 0 Å². The predicted octanol–water partition coefficient (Wildman–Crippen LogP) is 3.55. The Morgan fingerprint density at radius 1 is 0.889 bits per heavy atom. The maximum Gasteiger partial charge on any atom is 0.134 e. The molecular weight excluding hydrogens is 224 g/mol. The van der Waals surface area contributed by atoms with Crippen molar-refractivity contribution in [2.24, 2.45) is 0 Å². The molecular formula is C15H14N2O. The Labute approximate surface area is 105 Å². The molecule has 0 saturated heterocycles. The molecule has 0 aliphatic rings. The Morgan fingerprint density at radius 3 is 2.67 bits per heavy atom. The second-order valence-electron chi connectivity index (χ2n) is 4.09. The van der Waals surface area contributed by atoms with Gasteiger partial charge in [-0.25, -0.2) is 5.43 Å². The smallest absolute Gasteiger partial charge is 0.134 e. The maximum absolute atomic E-state index is 5.37. The topological polar surface area (TPSA) is 37.2 Å². The highest BCUT2D eigenvalue weighted by Gasteiger charge is 2.02. The molecule has 0 fully saturated rings. The van der Waals surface area contributed by atoms with Gasteiger partial charge in [0, 0.05) is 17.6 Å². The number of rotatable bonds is 4. The van der Waals surface area contributed by atoms with Gasteiger partial charge in [0.25, 0.3) is 0 Å². The van der Waals surface area contributed by atoms with Crippen LogP contribution in [0, 0.1) is 0 Å². The molecule has 0 aliphatic heterocycles. The third-order valence-electron chi connectivity index (χ3n) is 2.87. The number of furan rings is 1. The second kappa shape index (κ2) is 4.94. The molecule has 0 amide bonds. The van der Waals surface area contributed by atoms with Crippen molar-refractivity contribution in [2.75, 3.05) is 5.43 Å². The molecule has 0 atom stereocenters. The highest BCUT2D eigenvalue weighted by atomic mass is 16.3. The van der Waals surface area contributed by atoms with E-state index < -0.39 is 0 Å². The van der Waals surface area contributed by atoms with Crippen LogP contribution in [0.5, 0.6) is 0 Å². The third kappa shape index (κ3) is 2.21. The van der Waals surface area contributed by atoms with Crippen LogP contribution in [-0.4, -0.2) is 0 Å². The molecule has 0 aliphatic carbocycles. The van der Waals surface area contributed by atoms with Gasteiger partial charge < -0.3 is 9.84 Å². The minimum Gasteiger partial charge on any atom is -0.464 e. The van der Waals surface area contributed by atoms with Crippen LogP contribution in [0.4, 0.5) is 5.69 Å². The van der Waals surface area contributed by atoms with Crippen molar-refractivity contribution in [1.82, 2.24) is 5.43 Å². The van der Waals surface area contributed by atoms with E-state index in [0.717, 1.165) is 23.2 Å². The lowest BCUT2D eigenvalue weighted by Crippen LogP contribution is -2.20. The van der Waals surface area contributed by atoms with E-state index in [4.69, 9.17) is 4.42 Å². The molecule has 0 saturated carbocycles. The molecule has 0 spiro atoms. The SMILES string of the molecule is c1ccc(NNCc2cccc3occc23)cc1. The van der Waals surface area contributed by atoms with Crippen molar-refractivity contribution >= 4 is 16.7 Å². The molecule has 3 aromatic rings. The zero-order valence-corrected chi connectivity index (χ0v) is 9.89. The summed E-state index contributed by atoms with van der Waals surface area (Å²) in [6.07, 6.45) is 1.72. The molecule has 0 unspecified atom stereocenters. The lowest BCUT2D eigenvalue weighted by atomic mass is 10.1. The van der Waals surface area contributed by atoms with Crippen LogP contribution in [0.25, 0.3) is 11.0 Å². The van der Waals surface area contributed by atoms with E-state index in [1.807, 2.05) is 48.5 Å². The Kier molecular flexibility index (Phi) is 2.98. The number of hydrogen-bond donors (Lipinski definition) is 2. The summed E-state index contributed by atoms with van der Waals surface area (Å²) in [5.41, 5.74) is 9.57. The van der Waals surface area contributed by atoms with Gasteiger partial charge in [0.2, 0.25) is 0 Å². The zero-order valence-electron chi connectivity index (χ0n) is 9.89. The first-order valence-corrected chi connectivity index (χ1v) is 5.92. The Hall–Kier alpha value is -2.26. The van der Waals surface area contributed by atoms with Gasteiger partial charge in [0.15, 0.2) is 0 Å².